The van der Waals surface area contributed by atoms with Crippen molar-refractivity contribution in [3.05, 3.63) is 80.1 Å². The molecular weight excluding hydrogens is 381 g/mol. The van der Waals surface area contributed by atoms with Crippen molar-refractivity contribution in [2.75, 3.05) is 5.32 Å². The van der Waals surface area contributed by atoms with Crippen LogP contribution >= 0.6 is 0 Å². The minimum atomic E-state index is -0.912. The van der Waals surface area contributed by atoms with Crippen LogP contribution in [0.3, 0.4) is 0 Å². The molecule has 0 spiro atoms. The van der Waals surface area contributed by atoms with Crippen LogP contribution in [-0.4, -0.2) is 14.5 Å². The van der Waals surface area contributed by atoms with Gasteiger partial charge in [-0.25, -0.2) is 4.39 Å². The van der Waals surface area contributed by atoms with Crippen LogP contribution in [0, 0.1) is 34.2 Å². The molecule has 0 aliphatic rings. The Morgan fingerprint density at radius 2 is 2.07 bits per heavy atom. The van der Waals surface area contributed by atoms with E-state index in [-0.39, 0.29) is 22.8 Å². The molecule has 1 N–H and O–H groups in total. The van der Waals surface area contributed by atoms with Crippen molar-refractivity contribution in [3.8, 4) is 17.6 Å². The average molecular weight is 395 g/mol. The highest BCUT2D eigenvalue weighted by Gasteiger charge is 2.18. The Morgan fingerprint density at radius 1 is 1.31 bits per heavy atom. The Labute approximate surface area is 163 Å². The second kappa shape index (κ2) is 7.77. The van der Waals surface area contributed by atoms with Crippen LogP contribution in [0.5, 0.6) is 11.5 Å². The molecule has 0 amide bonds. The molecule has 3 aromatic rings. The van der Waals surface area contributed by atoms with Crippen molar-refractivity contribution >= 4 is 17.2 Å². The van der Waals surface area contributed by atoms with E-state index in [1.54, 1.807) is 19.1 Å². The second-order valence-electron chi connectivity index (χ2n) is 6.02. The summed E-state index contributed by atoms with van der Waals surface area (Å²) in [6.07, 6.45) is 1.44. The SMILES string of the molecule is Cc1ccc(Oc2cc(=O)n(C)c(Nc3ccc([N+](=O)[O-])cc3F)c2C#N)cn1. The third-order valence-corrected chi connectivity index (χ3v) is 4.04. The van der Waals surface area contributed by atoms with E-state index in [2.05, 4.69) is 10.3 Å². The van der Waals surface area contributed by atoms with Crippen molar-refractivity contribution in [1.82, 2.24) is 9.55 Å². The summed E-state index contributed by atoms with van der Waals surface area (Å²) in [5.41, 5.74) is -0.366. The zero-order valence-corrected chi connectivity index (χ0v) is 15.3. The van der Waals surface area contributed by atoms with Crippen LogP contribution in [0.25, 0.3) is 0 Å². The van der Waals surface area contributed by atoms with E-state index >= 15 is 0 Å². The fourth-order valence-corrected chi connectivity index (χ4v) is 2.50. The molecule has 10 heteroatoms. The molecule has 0 atom stereocenters. The number of nitrogens with zero attached hydrogens (tertiary/aromatic N) is 4. The van der Waals surface area contributed by atoms with Crippen LogP contribution in [0.15, 0.2) is 47.4 Å². The minimum absolute atomic E-state index is 0.0252. The lowest BCUT2D eigenvalue weighted by atomic mass is 10.2. The van der Waals surface area contributed by atoms with E-state index in [1.807, 2.05) is 6.07 Å². The Kier molecular flexibility index (Phi) is 5.23. The molecule has 0 unspecified atom stereocenters. The normalized spacial score (nSPS) is 10.3. The smallest absolute Gasteiger partial charge is 0.272 e. The first kappa shape index (κ1) is 19.5. The molecule has 2 heterocycles. The van der Waals surface area contributed by atoms with Gasteiger partial charge in [-0.3, -0.25) is 24.5 Å². The first-order chi connectivity index (χ1) is 13.8. The van der Waals surface area contributed by atoms with E-state index in [4.69, 9.17) is 4.74 Å². The Balaban J connectivity index is 2.06. The number of rotatable bonds is 5. The monoisotopic (exact) mass is 395 g/mol. The van der Waals surface area contributed by atoms with Crippen molar-refractivity contribution in [2.24, 2.45) is 7.05 Å². The highest BCUT2D eigenvalue weighted by atomic mass is 19.1. The van der Waals surface area contributed by atoms with Crippen molar-refractivity contribution in [2.45, 2.75) is 6.92 Å². The van der Waals surface area contributed by atoms with Crippen molar-refractivity contribution in [3.63, 3.8) is 0 Å². The molecule has 146 valence electrons. The van der Waals surface area contributed by atoms with E-state index in [0.29, 0.717) is 5.75 Å². The van der Waals surface area contributed by atoms with Gasteiger partial charge in [-0.2, -0.15) is 5.26 Å². The molecule has 0 fully saturated rings. The molecule has 1 aromatic carbocycles. The zero-order chi connectivity index (χ0) is 21.1. The maximum atomic E-state index is 14.3. The van der Waals surface area contributed by atoms with Crippen LogP contribution < -0.4 is 15.6 Å². The van der Waals surface area contributed by atoms with Crippen LogP contribution in [0.2, 0.25) is 0 Å². The second-order valence-corrected chi connectivity index (χ2v) is 6.02. The van der Waals surface area contributed by atoms with Crippen LogP contribution in [0.4, 0.5) is 21.6 Å². The number of hydrogen-bond donors (Lipinski definition) is 1. The molecule has 0 aliphatic carbocycles. The summed E-state index contributed by atoms with van der Waals surface area (Å²) in [5.74, 6) is -0.661. The summed E-state index contributed by atoms with van der Waals surface area (Å²) in [6.45, 7) is 1.80. The lowest BCUT2D eigenvalue weighted by Crippen LogP contribution is -2.20. The van der Waals surface area contributed by atoms with Gasteiger partial charge >= 0.3 is 0 Å². The number of anilines is 2. The highest BCUT2D eigenvalue weighted by molar-refractivity contribution is 5.68. The number of halogens is 1. The summed E-state index contributed by atoms with van der Waals surface area (Å²) in [4.78, 5) is 26.5. The molecule has 0 saturated heterocycles. The third-order valence-electron chi connectivity index (χ3n) is 4.04. The Morgan fingerprint density at radius 3 is 2.66 bits per heavy atom. The molecule has 0 saturated carbocycles. The standard InChI is InChI=1S/C19H14FN5O4/c1-11-3-5-13(10-22-11)29-17-8-18(26)24(2)19(14(17)9-21)23-16-6-4-12(25(27)28)7-15(16)20/h3-8,10,23H,1-2H3. The van der Waals surface area contributed by atoms with E-state index in [1.165, 1.54) is 13.2 Å². The largest absolute Gasteiger partial charge is 0.454 e. The lowest BCUT2D eigenvalue weighted by Gasteiger charge is -2.16. The van der Waals surface area contributed by atoms with Crippen molar-refractivity contribution < 1.29 is 14.1 Å². The van der Waals surface area contributed by atoms with Gasteiger partial charge in [0.25, 0.3) is 11.2 Å². The van der Waals surface area contributed by atoms with Gasteiger partial charge in [-0.1, -0.05) is 0 Å². The summed E-state index contributed by atoms with van der Waals surface area (Å²) in [7, 11) is 1.39. The highest BCUT2D eigenvalue weighted by Crippen LogP contribution is 2.31. The van der Waals surface area contributed by atoms with E-state index in [9.17, 15) is 24.6 Å². The molecule has 3 rings (SSSR count). The molecule has 0 bridgehead atoms. The first-order valence-electron chi connectivity index (χ1n) is 8.25. The topological polar surface area (TPSA) is 123 Å². The number of non-ortho nitro benzene ring substituents is 1. The zero-order valence-electron chi connectivity index (χ0n) is 15.3. The fourth-order valence-electron chi connectivity index (χ4n) is 2.50. The number of nitro benzene ring substituents is 1. The van der Waals surface area contributed by atoms with Gasteiger partial charge in [-0.15, -0.1) is 0 Å². The van der Waals surface area contributed by atoms with Gasteiger partial charge in [0.1, 0.15) is 23.2 Å². The number of nitriles is 1. The summed E-state index contributed by atoms with van der Waals surface area (Å²) < 4.78 is 21.0. The Hall–Kier alpha value is -4.26. The molecule has 9 nitrogen and oxygen atoms in total. The molecular formula is C19H14FN5O4. The number of nitro groups is 1. The molecule has 0 radical (unpaired) electrons. The summed E-state index contributed by atoms with van der Waals surface area (Å²) in [6, 6.07) is 9.40. The predicted octanol–water partition coefficient (Wildman–Crippen LogP) is 3.54. The lowest BCUT2D eigenvalue weighted by molar-refractivity contribution is -0.385. The van der Waals surface area contributed by atoms with Gasteiger partial charge in [0.05, 0.1) is 22.9 Å². The van der Waals surface area contributed by atoms with Gasteiger partial charge < -0.3 is 10.1 Å². The number of aryl methyl sites for hydroxylation is 1. The average Bonchev–Trinajstić information content (AvgIpc) is 2.69. The quantitative estimate of drug-likeness (QED) is 0.518. The Bertz CT molecular complexity index is 1200. The minimum Gasteiger partial charge on any atom is -0.454 e. The van der Waals surface area contributed by atoms with Gasteiger partial charge in [0, 0.05) is 24.9 Å². The number of hydrogen-bond acceptors (Lipinski definition) is 7. The number of benzene rings is 1. The summed E-state index contributed by atoms with van der Waals surface area (Å²) >= 11 is 0. The van der Waals surface area contributed by atoms with Gasteiger partial charge in [0.2, 0.25) is 0 Å². The van der Waals surface area contributed by atoms with Crippen LogP contribution in [-0.2, 0) is 7.05 Å². The van der Waals surface area contributed by atoms with Gasteiger partial charge in [0.15, 0.2) is 11.6 Å². The maximum absolute atomic E-state index is 14.3. The molecule has 0 aliphatic heterocycles. The molecule has 29 heavy (non-hydrogen) atoms. The van der Waals surface area contributed by atoms with Crippen LogP contribution in [0.1, 0.15) is 11.3 Å². The molecule has 2 aromatic heterocycles. The number of pyridine rings is 2. The maximum Gasteiger partial charge on any atom is 0.272 e. The van der Waals surface area contributed by atoms with Gasteiger partial charge in [-0.05, 0) is 25.1 Å². The number of ether oxygens (including phenoxy) is 1. The predicted molar refractivity (Wildman–Crippen MR) is 102 cm³/mol. The van der Waals surface area contributed by atoms with E-state index < -0.39 is 22.0 Å². The summed E-state index contributed by atoms with van der Waals surface area (Å²) in [5, 5.41) is 23.0. The third kappa shape index (κ3) is 4.03. The first-order valence-corrected chi connectivity index (χ1v) is 8.25. The number of aromatic nitrogens is 2. The fraction of sp³-hybridized carbons (Fsp3) is 0.105. The van der Waals surface area contributed by atoms with E-state index in [0.717, 1.165) is 34.5 Å². The van der Waals surface area contributed by atoms with Crippen molar-refractivity contribution in [1.29, 1.82) is 5.26 Å². The number of nitrogens with one attached hydrogen (secondary N) is 1.